The van der Waals surface area contributed by atoms with Gasteiger partial charge in [-0.15, -0.1) is 0 Å². The molecule has 1 fully saturated rings. The molecule has 0 aromatic heterocycles. The Hall–Kier alpha value is -0.910. The molecule has 0 saturated carbocycles. The maximum Gasteiger partial charge on any atom is 0.410 e. The fraction of sp³-hybridized carbons (Fsp3) is 0.833. The Balaban J connectivity index is 2.45. The highest BCUT2D eigenvalue weighted by Gasteiger charge is 2.35. The molecule has 0 unspecified atom stereocenters. The van der Waals surface area contributed by atoms with Crippen molar-refractivity contribution in [1.29, 1.82) is 0 Å². The lowest BCUT2D eigenvalue weighted by atomic mass is 10.3. The standard InChI is InChI=1S/C6H9F2NO3/c7-6(8,4-10)3-9-1-2-12-5(9)11/h10H,1-4H2. The molecule has 1 saturated heterocycles. The number of halogens is 2. The fourth-order valence-corrected chi connectivity index (χ4v) is 0.899. The number of hydrogen-bond acceptors (Lipinski definition) is 3. The number of carbonyl (C=O) groups is 1. The first-order valence-electron chi connectivity index (χ1n) is 3.45. The molecule has 0 atom stereocenters. The van der Waals surface area contributed by atoms with Gasteiger partial charge >= 0.3 is 6.09 Å². The molecule has 70 valence electrons. The molecular weight excluding hydrogens is 172 g/mol. The molecule has 1 rings (SSSR count). The van der Waals surface area contributed by atoms with E-state index in [4.69, 9.17) is 5.11 Å². The lowest BCUT2D eigenvalue weighted by Gasteiger charge is -2.19. The number of amides is 1. The van der Waals surface area contributed by atoms with Gasteiger partial charge < -0.3 is 9.84 Å². The average Bonchev–Trinajstić information content (AvgIpc) is 2.36. The van der Waals surface area contributed by atoms with Crippen LogP contribution in [-0.4, -0.2) is 48.3 Å². The lowest BCUT2D eigenvalue weighted by Crippen LogP contribution is -2.39. The maximum atomic E-state index is 12.5. The van der Waals surface area contributed by atoms with E-state index in [1.54, 1.807) is 0 Å². The van der Waals surface area contributed by atoms with Crippen molar-refractivity contribution in [3.05, 3.63) is 0 Å². The van der Waals surface area contributed by atoms with Crippen LogP contribution in [0.15, 0.2) is 0 Å². The van der Waals surface area contributed by atoms with Crippen molar-refractivity contribution in [2.75, 3.05) is 26.3 Å². The summed E-state index contributed by atoms with van der Waals surface area (Å²) in [5.41, 5.74) is 0. The molecule has 12 heavy (non-hydrogen) atoms. The SMILES string of the molecule is O=C1OCCN1CC(F)(F)CO. The molecule has 4 nitrogen and oxygen atoms in total. The molecule has 0 radical (unpaired) electrons. The zero-order valence-corrected chi connectivity index (χ0v) is 6.30. The first-order chi connectivity index (χ1) is 5.55. The van der Waals surface area contributed by atoms with Crippen molar-refractivity contribution in [2.24, 2.45) is 0 Å². The number of alkyl halides is 2. The van der Waals surface area contributed by atoms with Crippen LogP contribution in [0.3, 0.4) is 0 Å². The predicted molar refractivity (Wildman–Crippen MR) is 35.0 cm³/mol. The van der Waals surface area contributed by atoms with E-state index in [0.29, 0.717) is 0 Å². The minimum atomic E-state index is -3.23. The topological polar surface area (TPSA) is 49.8 Å². The van der Waals surface area contributed by atoms with Gasteiger partial charge in [-0.1, -0.05) is 0 Å². The van der Waals surface area contributed by atoms with Crippen LogP contribution in [0.25, 0.3) is 0 Å². The number of cyclic esters (lactones) is 1. The van der Waals surface area contributed by atoms with Crippen molar-refractivity contribution in [3.8, 4) is 0 Å². The molecule has 0 spiro atoms. The zero-order valence-electron chi connectivity index (χ0n) is 6.30. The van der Waals surface area contributed by atoms with Gasteiger partial charge in [-0.3, -0.25) is 4.90 Å². The summed E-state index contributed by atoms with van der Waals surface area (Å²) in [6.07, 6.45) is -0.747. The van der Waals surface area contributed by atoms with Crippen LogP contribution in [0, 0.1) is 0 Å². The van der Waals surface area contributed by atoms with Gasteiger partial charge in [0, 0.05) is 0 Å². The maximum absolute atomic E-state index is 12.5. The Labute approximate surface area is 67.7 Å². The molecule has 0 aromatic rings. The third-order valence-electron chi connectivity index (χ3n) is 1.50. The Bertz CT molecular complexity index is 186. The van der Waals surface area contributed by atoms with E-state index < -0.39 is 25.2 Å². The van der Waals surface area contributed by atoms with Gasteiger partial charge in [0.1, 0.15) is 13.2 Å². The predicted octanol–water partition coefficient (Wildman–Crippen LogP) is 0.0662. The number of aliphatic hydroxyl groups excluding tert-OH is 1. The summed E-state index contributed by atoms with van der Waals surface area (Å²) in [6, 6.07) is 0. The second-order valence-electron chi connectivity index (χ2n) is 2.55. The van der Waals surface area contributed by atoms with Gasteiger partial charge in [-0.05, 0) is 0 Å². The van der Waals surface area contributed by atoms with E-state index in [0.717, 1.165) is 4.90 Å². The second-order valence-corrected chi connectivity index (χ2v) is 2.55. The highest BCUT2D eigenvalue weighted by molar-refractivity contribution is 5.69. The first kappa shape index (κ1) is 9.18. The minimum Gasteiger partial charge on any atom is -0.448 e. The van der Waals surface area contributed by atoms with Crippen LogP contribution in [0.2, 0.25) is 0 Å². The molecule has 0 bridgehead atoms. The number of hydrogen-bond donors (Lipinski definition) is 1. The normalized spacial score (nSPS) is 18.2. The number of carbonyl (C=O) groups excluding carboxylic acids is 1. The summed E-state index contributed by atoms with van der Waals surface area (Å²) >= 11 is 0. The minimum absolute atomic E-state index is 0.139. The van der Waals surface area contributed by atoms with E-state index in [1.807, 2.05) is 0 Å². The molecule has 0 aromatic carbocycles. The van der Waals surface area contributed by atoms with Crippen LogP contribution in [-0.2, 0) is 4.74 Å². The van der Waals surface area contributed by atoms with Crippen molar-refractivity contribution in [2.45, 2.75) is 5.92 Å². The molecule has 1 aliphatic heterocycles. The summed E-state index contributed by atoms with van der Waals surface area (Å²) in [7, 11) is 0. The molecule has 1 heterocycles. The molecule has 0 aliphatic carbocycles. The van der Waals surface area contributed by atoms with Crippen molar-refractivity contribution < 1.29 is 23.4 Å². The van der Waals surface area contributed by atoms with Crippen LogP contribution < -0.4 is 0 Å². The van der Waals surface area contributed by atoms with E-state index in [1.165, 1.54) is 0 Å². The number of rotatable bonds is 3. The van der Waals surface area contributed by atoms with E-state index >= 15 is 0 Å². The van der Waals surface area contributed by atoms with Crippen LogP contribution >= 0.6 is 0 Å². The Kier molecular flexibility index (Phi) is 2.46. The third-order valence-corrected chi connectivity index (χ3v) is 1.50. The summed E-state index contributed by atoms with van der Waals surface area (Å²) in [5, 5.41) is 8.21. The molecular formula is C6H9F2NO3. The van der Waals surface area contributed by atoms with Crippen molar-refractivity contribution in [1.82, 2.24) is 4.90 Å². The van der Waals surface area contributed by atoms with E-state index in [2.05, 4.69) is 4.74 Å². The molecule has 6 heteroatoms. The van der Waals surface area contributed by atoms with E-state index in [-0.39, 0.29) is 13.2 Å². The Morgan fingerprint density at radius 2 is 2.33 bits per heavy atom. The number of ether oxygens (including phenoxy) is 1. The fourth-order valence-electron chi connectivity index (χ4n) is 0.899. The summed E-state index contributed by atoms with van der Waals surface area (Å²) in [5.74, 6) is -3.23. The average molecular weight is 181 g/mol. The molecule has 1 aliphatic rings. The second kappa shape index (κ2) is 3.22. The van der Waals surface area contributed by atoms with Crippen LogP contribution in [0.4, 0.5) is 13.6 Å². The Morgan fingerprint density at radius 1 is 1.67 bits per heavy atom. The number of nitrogens with zero attached hydrogens (tertiary/aromatic N) is 1. The molecule has 1 N–H and O–H groups in total. The van der Waals surface area contributed by atoms with Gasteiger partial charge in [-0.25, -0.2) is 13.6 Å². The highest BCUT2D eigenvalue weighted by Crippen LogP contribution is 2.16. The molecule has 1 amide bonds. The van der Waals surface area contributed by atoms with Gasteiger partial charge in [0.25, 0.3) is 5.92 Å². The van der Waals surface area contributed by atoms with Crippen molar-refractivity contribution in [3.63, 3.8) is 0 Å². The summed E-state index contributed by atoms with van der Waals surface area (Å²) in [6.45, 7) is -1.73. The third kappa shape index (κ3) is 2.04. The quantitative estimate of drug-likeness (QED) is 0.670. The van der Waals surface area contributed by atoms with Crippen LogP contribution in [0.5, 0.6) is 0 Å². The smallest absolute Gasteiger partial charge is 0.410 e. The largest absolute Gasteiger partial charge is 0.448 e. The lowest BCUT2D eigenvalue weighted by molar-refractivity contribution is -0.0639. The van der Waals surface area contributed by atoms with E-state index in [9.17, 15) is 13.6 Å². The van der Waals surface area contributed by atoms with Crippen molar-refractivity contribution >= 4 is 6.09 Å². The van der Waals surface area contributed by atoms with Gasteiger partial charge in [0.15, 0.2) is 0 Å². The summed E-state index contributed by atoms with van der Waals surface area (Å²) < 4.78 is 29.4. The van der Waals surface area contributed by atoms with Crippen LogP contribution in [0.1, 0.15) is 0 Å². The number of aliphatic hydroxyl groups is 1. The monoisotopic (exact) mass is 181 g/mol. The summed E-state index contributed by atoms with van der Waals surface area (Å²) in [4.78, 5) is 11.5. The first-order valence-corrected chi connectivity index (χ1v) is 3.45. The zero-order chi connectivity index (χ0) is 9.19. The Morgan fingerprint density at radius 3 is 2.75 bits per heavy atom. The van der Waals surface area contributed by atoms with Gasteiger partial charge in [0.2, 0.25) is 0 Å². The highest BCUT2D eigenvalue weighted by atomic mass is 19.3. The van der Waals surface area contributed by atoms with Gasteiger partial charge in [-0.2, -0.15) is 0 Å². The van der Waals surface area contributed by atoms with Gasteiger partial charge in [0.05, 0.1) is 13.1 Å².